The summed E-state index contributed by atoms with van der Waals surface area (Å²) in [5.41, 5.74) is 7.26. The number of benzene rings is 5. The van der Waals surface area contributed by atoms with Crippen LogP contribution < -0.4 is 24.5 Å². The molecule has 2 saturated heterocycles. The Kier molecular flexibility index (Phi) is 11.0. The van der Waals surface area contributed by atoms with Crippen LogP contribution in [0.25, 0.3) is 12.2 Å². The van der Waals surface area contributed by atoms with Gasteiger partial charge in [-0.25, -0.2) is 0 Å². The number of amides is 4. The molecule has 5 aromatic rings. The second-order valence-corrected chi connectivity index (χ2v) is 17.9. The van der Waals surface area contributed by atoms with E-state index >= 15 is 9.59 Å². The lowest BCUT2D eigenvalue weighted by atomic mass is 9.49. The Morgan fingerprint density at radius 3 is 2.16 bits per heavy atom. The third-order valence-electron chi connectivity index (χ3n) is 13.1. The Hall–Kier alpha value is -6.18. The Labute approximate surface area is 381 Å². The number of fused-ring (bicyclic) bond motifs is 4. The van der Waals surface area contributed by atoms with Crippen LogP contribution in [0, 0.1) is 30.6 Å². The number of hydrazine groups is 1. The standard InChI is InChI=1S/C50H43Br2N3O8/c1-27-10-16-31(17-11-27)53-55-47(58)38-25-36-34(42(37-26-40(63-4)45(56)44(52)43(37)51)50(38,49(55)60)30-8-6-5-7-9-30)21-22-35-41(36)48(59)54(46(35)57)32-18-13-28(14-19-32)12-15-29-24-33(61-2)20-23-39(29)62-3/h5-21,23-24,26,35-36,38,41-42,53,56H,22,25H2,1-4H3/t35-,36+,38-,41-,42+,50+/m0/s1. The molecule has 2 aliphatic carbocycles. The smallest absolute Gasteiger partial charge is 0.260 e. The van der Waals surface area contributed by atoms with Crippen LogP contribution in [0.2, 0.25) is 0 Å². The lowest BCUT2D eigenvalue weighted by Gasteiger charge is -2.51. The third kappa shape index (κ3) is 6.75. The molecular weight excluding hydrogens is 930 g/mol. The maximum atomic E-state index is 15.6. The number of hydrogen-bond acceptors (Lipinski definition) is 9. The zero-order valence-electron chi connectivity index (χ0n) is 34.8. The van der Waals surface area contributed by atoms with Crippen molar-refractivity contribution in [2.45, 2.75) is 31.1 Å². The minimum Gasteiger partial charge on any atom is -0.503 e. The van der Waals surface area contributed by atoms with Crippen LogP contribution in [0.3, 0.4) is 0 Å². The number of halogens is 2. The summed E-state index contributed by atoms with van der Waals surface area (Å²) in [4.78, 5) is 61.4. The van der Waals surface area contributed by atoms with Gasteiger partial charge in [-0.3, -0.25) is 29.5 Å². The molecule has 4 aliphatic rings. The van der Waals surface area contributed by atoms with Gasteiger partial charge in [-0.2, -0.15) is 5.01 Å². The number of anilines is 2. The highest BCUT2D eigenvalue weighted by Gasteiger charge is 2.70. The lowest BCUT2D eigenvalue weighted by Crippen LogP contribution is -2.53. The Balaban J connectivity index is 1.14. The number of methoxy groups -OCH3 is 3. The minimum atomic E-state index is -1.52. The molecule has 2 heterocycles. The van der Waals surface area contributed by atoms with E-state index in [0.717, 1.165) is 27.3 Å². The van der Waals surface area contributed by atoms with Gasteiger partial charge in [-0.05, 0) is 123 Å². The zero-order valence-corrected chi connectivity index (χ0v) is 38.0. The van der Waals surface area contributed by atoms with E-state index in [-0.39, 0.29) is 36.2 Å². The summed E-state index contributed by atoms with van der Waals surface area (Å²) < 4.78 is 17.4. The molecule has 4 amide bonds. The van der Waals surface area contributed by atoms with Crippen molar-refractivity contribution in [2.75, 3.05) is 31.7 Å². The van der Waals surface area contributed by atoms with Crippen molar-refractivity contribution in [1.29, 1.82) is 0 Å². The van der Waals surface area contributed by atoms with Crippen molar-refractivity contribution in [3.8, 4) is 23.0 Å². The van der Waals surface area contributed by atoms with Crippen LogP contribution >= 0.6 is 31.9 Å². The number of carbonyl (C=O) groups is 4. The Morgan fingerprint density at radius 2 is 1.48 bits per heavy atom. The number of phenolic OH excluding ortho intramolecular Hbond substituents is 1. The van der Waals surface area contributed by atoms with Gasteiger partial charge in [0.05, 0.1) is 60.3 Å². The third-order valence-corrected chi connectivity index (χ3v) is 15.3. The van der Waals surface area contributed by atoms with Crippen molar-refractivity contribution >= 4 is 79.0 Å². The molecule has 11 nitrogen and oxygen atoms in total. The summed E-state index contributed by atoms with van der Waals surface area (Å²) in [7, 11) is 4.65. The predicted molar refractivity (Wildman–Crippen MR) is 246 cm³/mol. The van der Waals surface area contributed by atoms with Gasteiger partial charge in [0, 0.05) is 16.0 Å². The first-order valence-electron chi connectivity index (χ1n) is 20.5. The number of nitrogens with zero attached hydrogens (tertiary/aromatic N) is 2. The molecule has 0 aromatic heterocycles. The molecule has 3 fully saturated rings. The van der Waals surface area contributed by atoms with Crippen LogP contribution in [-0.2, 0) is 24.6 Å². The largest absolute Gasteiger partial charge is 0.503 e. The summed E-state index contributed by atoms with van der Waals surface area (Å²) >= 11 is 7.31. The monoisotopic (exact) mass is 971 g/mol. The van der Waals surface area contributed by atoms with E-state index in [1.807, 2.05) is 110 Å². The molecule has 5 aromatic carbocycles. The van der Waals surface area contributed by atoms with E-state index in [4.69, 9.17) is 14.2 Å². The van der Waals surface area contributed by atoms with Crippen LogP contribution in [0.1, 0.15) is 46.6 Å². The molecule has 0 spiro atoms. The molecule has 2 N–H and O–H groups in total. The molecule has 320 valence electrons. The van der Waals surface area contributed by atoms with Crippen molar-refractivity contribution in [3.05, 3.63) is 152 Å². The fourth-order valence-corrected chi connectivity index (χ4v) is 11.2. The Bertz CT molecular complexity index is 2740. The number of carbonyl (C=O) groups excluding carboxylic acids is 4. The summed E-state index contributed by atoms with van der Waals surface area (Å²) in [5.74, 6) is -4.10. The van der Waals surface area contributed by atoms with E-state index in [0.29, 0.717) is 42.9 Å². The molecule has 1 saturated carbocycles. The topological polar surface area (TPSA) is 135 Å². The molecule has 0 unspecified atom stereocenters. The van der Waals surface area contributed by atoms with Gasteiger partial charge in [0.15, 0.2) is 11.5 Å². The minimum absolute atomic E-state index is 0.132. The molecule has 63 heavy (non-hydrogen) atoms. The fraction of sp³-hybridized carbons (Fsp3) is 0.240. The number of allylic oxidation sites excluding steroid dienone is 2. The highest BCUT2D eigenvalue weighted by atomic mass is 79.9. The van der Waals surface area contributed by atoms with Gasteiger partial charge in [-0.15, -0.1) is 0 Å². The van der Waals surface area contributed by atoms with Crippen LogP contribution in [0.4, 0.5) is 11.4 Å². The molecule has 0 bridgehead atoms. The summed E-state index contributed by atoms with van der Waals surface area (Å²) in [6.07, 6.45) is 6.20. The molecular formula is C50H43Br2N3O8. The summed E-state index contributed by atoms with van der Waals surface area (Å²) in [6, 6.07) is 31.1. The number of ether oxygens (including phenoxy) is 3. The van der Waals surface area contributed by atoms with Crippen molar-refractivity contribution in [2.24, 2.45) is 23.7 Å². The molecule has 2 aliphatic heterocycles. The maximum absolute atomic E-state index is 15.6. The highest BCUT2D eigenvalue weighted by Crippen LogP contribution is 2.65. The van der Waals surface area contributed by atoms with E-state index in [1.54, 1.807) is 32.4 Å². The molecule has 0 radical (unpaired) electrons. The number of nitrogens with one attached hydrogen (secondary N) is 1. The van der Waals surface area contributed by atoms with Gasteiger partial charge < -0.3 is 19.3 Å². The zero-order chi connectivity index (χ0) is 44.3. The second-order valence-electron chi connectivity index (χ2n) is 16.3. The lowest BCUT2D eigenvalue weighted by molar-refractivity contribution is -0.138. The van der Waals surface area contributed by atoms with Crippen molar-refractivity contribution in [1.82, 2.24) is 5.01 Å². The van der Waals surface area contributed by atoms with Crippen molar-refractivity contribution in [3.63, 3.8) is 0 Å². The quantitative estimate of drug-likeness (QED) is 0.0798. The predicted octanol–water partition coefficient (Wildman–Crippen LogP) is 9.61. The molecule has 6 atom stereocenters. The molecule has 9 rings (SSSR count). The van der Waals surface area contributed by atoms with Gasteiger partial charge in [-0.1, -0.05) is 84.0 Å². The first-order valence-corrected chi connectivity index (χ1v) is 22.1. The number of rotatable bonds is 10. The van der Waals surface area contributed by atoms with E-state index in [9.17, 15) is 14.7 Å². The second kappa shape index (κ2) is 16.5. The normalized spacial score (nSPS) is 24.0. The van der Waals surface area contributed by atoms with Gasteiger partial charge in [0.25, 0.3) is 11.8 Å². The van der Waals surface area contributed by atoms with Crippen molar-refractivity contribution < 1.29 is 38.5 Å². The van der Waals surface area contributed by atoms with E-state index in [2.05, 4.69) is 37.3 Å². The van der Waals surface area contributed by atoms with Crippen LogP contribution in [-0.4, -0.2) is 55.1 Å². The first kappa shape index (κ1) is 42.1. The van der Waals surface area contributed by atoms with E-state index in [1.165, 1.54) is 12.0 Å². The number of aryl methyl sites for hydroxylation is 1. The SMILES string of the molecule is COc1ccc(OC)c(C=Cc2ccc(N3C(=O)[C@H]4[C@H](CC=C5[C@H]4C[C@H]4C(=O)N(Nc6ccc(C)cc6)C(=O)[C@@]4(c4ccccc4)[C@H]5c4cc(OC)c(O)c(Br)c4Br)C3=O)cc2)c1. The number of phenols is 1. The number of hydrogen-bond donors (Lipinski definition) is 2. The van der Waals surface area contributed by atoms with Crippen LogP contribution in [0.5, 0.6) is 23.0 Å². The average Bonchev–Trinajstić information content (AvgIpc) is 3.69. The number of imide groups is 2. The number of aromatic hydroxyl groups is 1. The van der Waals surface area contributed by atoms with E-state index < -0.39 is 46.8 Å². The maximum Gasteiger partial charge on any atom is 0.260 e. The Morgan fingerprint density at radius 1 is 0.762 bits per heavy atom. The fourth-order valence-electron chi connectivity index (χ4n) is 10.2. The highest BCUT2D eigenvalue weighted by molar-refractivity contribution is 9.13. The van der Waals surface area contributed by atoms with Gasteiger partial charge in [0.1, 0.15) is 11.5 Å². The van der Waals surface area contributed by atoms with Crippen LogP contribution in [0.15, 0.2) is 124 Å². The first-order chi connectivity index (χ1) is 30.4. The summed E-state index contributed by atoms with van der Waals surface area (Å²) in [6.45, 7) is 1.95. The molecule has 13 heteroatoms. The van der Waals surface area contributed by atoms with Gasteiger partial charge in [0.2, 0.25) is 11.8 Å². The van der Waals surface area contributed by atoms with Gasteiger partial charge >= 0.3 is 0 Å². The average molecular weight is 974 g/mol. The summed E-state index contributed by atoms with van der Waals surface area (Å²) in [5, 5.41) is 12.3.